The van der Waals surface area contributed by atoms with Crippen molar-refractivity contribution < 1.29 is 0 Å². The number of benzene rings is 2. The molecule has 1 unspecified atom stereocenters. The maximum Gasteiger partial charge on any atom is 0.172 e. The zero-order valence-corrected chi connectivity index (χ0v) is 22.2. The first-order chi connectivity index (χ1) is 16.5. The summed E-state index contributed by atoms with van der Waals surface area (Å²) in [5.41, 5.74) is 3.53. The molecule has 34 heavy (non-hydrogen) atoms. The van der Waals surface area contributed by atoms with Crippen LogP contribution in [0.25, 0.3) is 16.9 Å². The Kier molecular flexibility index (Phi) is 7.32. The Morgan fingerprint density at radius 1 is 1.06 bits per heavy atom. The Morgan fingerprint density at radius 3 is 2.76 bits per heavy atom. The second kappa shape index (κ2) is 10.4. The maximum absolute atomic E-state index is 6.46. The lowest BCUT2D eigenvalue weighted by Crippen LogP contribution is -2.37. The van der Waals surface area contributed by atoms with Crippen LogP contribution in [0.5, 0.6) is 0 Å². The first-order valence-corrected chi connectivity index (χ1v) is 13.1. The van der Waals surface area contributed by atoms with Gasteiger partial charge in [-0.3, -0.25) is 4.90 Å². The number of hydrogen-bond acceptors (Lipinski definition) is 4. The number of hydrogen-bond donors (Lipinski definition) is 1. The van der Waals surface area contributed by atoms with Gasteiger partial charge in [0.25, 0.3) is 0 Å². The smallest absolute Gasteiger partial charge is 0.172 e. The molecule has 3 heterocycles. The molecule has 176 valence electrons. The predicted octanol–water partition coefficient (Wildman–Crippen LogP) is 7.44. The molecule has 2 aromatic heterocycles. The molecule has 5 rings (SSSR count). The summed E-state index contributed by atoms with van der Waals surface area (Å²) in [6.07, 6.45) is 4.08. The molecule has 1 N–H and O–H groups in total. The van der Waals surface area contributed by atoms with Crippen LogP contribution in [-0.2, 0) is 6.54 Å². The van der Waals surface area contributed by atoms with Crippen LogP contribution in [0.4, 0.5) is 5.82 Å². The fourth-order valence-electron chi connectivity index (χ4n) is 4.48. The fourth-order valence-corrected chi connectivity index (χ4v) is 5.44. The maximum atomic E-state index is 6.46. The van der Waals surface area contributed by atoms with Crippen molar-refractivity contribution in [2.45, 2.75) is 19.4 Å². The summed E-state index contributed by atoms with van der Waals surface area (Å²) in [5, 5.41) is 10.3. The molecule has 1 fully saturated rings. The van der Waals surface area contributed by atoms with Gasteiger partial charge in [-0.2, -0.15) is 9.61 Å². The molecule has 2 aromatic carbocycles. The van der Waals surface area contributed by atoms with Crippen LogP contribution in [0.1, 0.15) is 18.4 Å². The van der Waals surface area contributed by atoms with Crippen molar-refractivity contribution in [1.29, 1.82) is 0 Å². The Morgan fingerprint density at radius 2 is 1.91 bits per heavy atom. The third kappa shape index (κ3) is 5.21. The summed E-state index contributed by atoms with van der Waals surface area (Å²) in [5.74, 6) is 1.39. The van der Waals surface area contributed by atoms with E-state index in [0.29, 0.717) is 10.9 Å². The molecule has 0 bridgehead atoms. The van der Waals surface area contributed by atoms with Crippen molar-refractivity contribution in [1.82, 2.24) is 19.5 Å². The van der Waals surface area contributed by atoms with E-state index >= 15 is 0 Å². The first-order valence-electron chi connectivity index (χ1n) is 11.2. The molecule has 1 saturated heterocycles. The summed E-state index contributed by atoms with van der Waals surface area (Å²) in [7, 11) is 0. The highest BCUT2D eigenvalue weighted by atomic mass is 79.9. The van der Waals surface area contributed by atoms with E-state index in [2.05, 4.69) is 31.2 Å². The molecule has 0 spiro atoms. The minimum Gasteiger partial charge on any atom is -0.370 e. The van der Waals surface area contributed by atoms with Crippen molar-refractivity contribution in [2.75, 3.05) is 25.0 Å². The van der Waals surface area contributed by atoms with Gasteiger partial charge in [-0.15, -0.1) is 0 Å². The van der Waals surface area contributed by atoms with E-state index in [1.165, 1.54) is 6.42 Å². The average molecular weight is 580 g/mol. The highest BCUT2D eigenvalue weighted by molar-refractivity contribution is 9.10. The van der Waals surface area contributed by atoms with Crippen LogP contribution in [0.2, 0.25) is 15.1 Å². The summed E-state index contributed by atoms with van der Waals surface area (Å²) >= 11 is 22.6. The number of rotatable bonds is 6. The van der Waals surface area contributed by atoms with Crippen molar-refractivity contribution in [3.8, 4) is 11.3 Å². The number of nitrogens with zero attached hydrogens (tertiary/aromatic N) is 4. The summed E-state index contributed by atoms with van der Waals surface area (Å²) < 4.78 is 2.67. The van der Waals surface area contributed by atoms with E-state index in [-0.39, 0.29) is 0 Å². The van der Waals surface area contributed by atoms with Crippen LogP contribution >= 0.6 is 50.7 Å². The predicted molar refractivity (Wildman–Crippen MR) is 144 cm³/mol. The molecule has 0 saturated carbocycles. The number of nitrogens with one attached hydrogen (secondary N) is 1. The molecule has 5 nitrogen and oxygen atoms in total. The zero-order valence-electron chi connectivity index (χ0n) is 18.3. The van der Waals surface area contributed by atoms with E-state index in [1.54, 1.807) is 6.20 Å². The van der Waals surface area contributed by atoms with E-state index in [1.807, 2.05) is 53.0 Å². The third-order valence-corrected chi connectivity index (χ3v) is 7.65. The van der Waals surface area contributed by atoms with Gasteiger partial charge >= 0.3 is 0 Å². The van der Waals surface area contributed by atoms with Crippen LogP contribution < -0.4 is 5.32 Å². The molecular weight excluding hydrogens is 557 g/mol. The van der Waals surface area contributed by atoms with Gasteiger partial charge in [0, 0.05) is 46.3 Å². The van der Waals surface area contributed by atoms with Crippen molar-refractivity contribution >= 4 is 62.2 Å². The molecular formula is C25H23BrCl3N5. The summed E-state index contributed by atoms with van der Waals surface area (Å²) in [4.78, 5) is 7.25. The lowest BCUT2D eigenvalue weighted by atomic mass is 9.97. The SMILES string of the molecule is Clc1ccc(Cl)c(CN2CCCC(CNc3cc(-c4ccccc4Cl)nc4c(Br)cnn34)C2)c1. The molecule has 1 aliphatic rings. The van der Waals surface area contributed by atoms with Gasteiger partial charge in [0.1, 0.15) is 5.82 Å². The molecule has 1 aliphatic heterocycles. The first kappa shape index (κ1) is 23.9. The van der Waals surface area contributed by atoms with Gasteiger partial charge in [0.05, 0.1) is 16.4 Å². The lowest BCUT2D eigenvalue weighted by molar-refractivity contribution is 0.173. The molecule has 0 radical (unpaired) electrons. The van der Waals surface area contributed by atoms with E-state index < -0.39 is 0 Å². The Bertz CT molecular complexity index is 1330. The van der Waals surface area contributed by atoms with Gasteiger partial charge < -0.3 is 5.32 Å². The number of piperidine rings is 1. The normalized spacial score (nSPS) is 16.8. The largest absolute Gasteiger partial charge is 0.370 e. The van der Waals surface area contributed by atoms with E-state index in [4.69, 9.17) is 39.8 Å². The minimum atomic E-state index is 0.498. The summed E-state index contributed by atoms with van der Waals surface area (Å²) in [6, 6.07) is 15.4. The van der Waals surface area contributed by atoms with Crippen LogP contribution in [-0.4, -0.2) is 39.1 Å². The average Bonchev–Trinajstić information content (AvgIpc) is 3.21. The van der Waals surface area contributed by atoms with Crippen molar-refractivity contribution in [3.63, 3.8) is 0 Å². The highest BCUT2D eigenvalue weighted by Gasteiger charge is 2.21. The van der Waals surface area contributed by atoms with Gasteiger partial charge in [0.15, 0.2) is 5.65 Å². The third-order valence-electron chi connectivity index (χ3n) is 6.16. The minimum absolute atomic E-state index is 0.498. The standard InChI is InChI=1S/C25H23BrCl3N5/c26-20-13-31-34-24(11-23(32-25(20)34)19-5-1-2-6-22(19)29)30-12-16-4-3-9-33(14-16)15-17-10-18(27)7-8-21(17)28/h1-2,5-8,10-11,13,16,30H,3-4,9,12,14-15H2. The van der Waals surface area contributed by atoms with Crippen molar-refractivity contribution in [2.24, 2.45) is 5.92 Å². The molecule has 0 aliphatic carbocycles. The van der Waals surface area contributed by atoms with E-state index in [9.17, 15) is 0 Å². The number of fused-ring (bicyclic) bond motifs is 1. The number of likely N-dealkylation sites (tertiary alicyclic amines) is 1. The van der Waals surface area contributed by atoms with E-state index in [0.717, 1.165) is 75.4 Å². The monoisotopic (exact) mass is 577 g/mol. The Hall–Kier alpha value is -1.83. The number of anilines is 1. The van der Waals surface area contributed by atoms with Crippen LogP contribution in [0.3, 0.4) is 0 Å². The lowest BCUT2D eigenvalue weighted by Gasteiger charge is -2.33. The number of aromatic nitrogens is 3. The summed E-state index contributed by atoms with van der Waals surface area (Å²) in [6.45, 7) is 3.68. The van der Waals surface area contributed by atoms with Gasteiger partial charge in [-0.05, 0) is 71.1 Å². The van der Waals surface area contributed by atoms with Gasteiger partial charge in [-0.25, -0.2) is 4.98 Å². The Labute approximate surface area is 222 Å². The molecule has 9 heteroatoms. The van der Waals surface area contributed by atoms with Gasteiger partial charge in [0.2, 0.25) is 0 Å². The number of halogens is 4. The molecule has 0 amide bonds. The van der Waals surface area contributed by atoms with Gasteiger partial charge in [-0.1, -0.05) is 53.0 Å². The quantitative estimate of drug-likeness (QED) is 0.258. The second-order valence-electron chi connectivity index (χ2n) is 8.59. The highest BCUT2D eigenvalue weighted by Crippen LogP contribution is 2.31. The topological polar surface area (TPSA) is 45.5 Å². The van der Waals surface area contributed by atoms with Crippen LogP contribution in [0, 0.1) is 5.92 Å². The molecule has 1 atom stereocenters. The fraction of sp³-hybridized carbons (Fsp3) is 0.280. The zero-order chi connectivity index (χ0) is 23.7. The molecule has 4 aromatic rings. The Balaban J connectivity index is 1.33. The van der Waals surface area contributed by atoms with Crippen molar-refractivity contribution in [3.05, 3.63) is 79.8 Å². The van der Waals surface area contributed by atoms with Crippen LogP contribution in [0.15, 0.2) is 59.2 Å². The second-order valence-corrected chi connectivity index (χ2v) is 10.7.